The van der Waals surface area contributed by atoms with Gasteiger partial charge in [0, 0.05) is 30.6 Å². The van der Waals surface area contributed by atoms with E-state index >= 15 is 0 Å². The van der Waals surface area contributed by atoms with Gasteiger partial charge >= 0.3 is 0 Å². The zero-order valence-corrected chi connectivity index (χ0v) is 15.1. The predicted molar refractivity (Wildman–Crippen MR) is 99.9 cm³/mol. The van der Waals surface area contributed by atoms with Crippen molar-refractivity contribution in [1.82, 2.24) is 10.2 Å². The number of rotatable bonds is 4. The van der Waals surface area contributed by atoms with E-state index in [0.717, 1.165) is 50.2 Å². The van der Waals surface area contributed by atoms with Crippen LogP contribution in [0.1, 0.15) is 23.3 Å². The highest BCUT2D eigenvalue weighted by atomic mass is 32.1. The Balaban J connectivity index is 1.25. The molecule has 2 aromatic rings. The van der Waals surface area contributed by atoms with Crippen molar-refractivity contribution in [2.24, 2.45) is 5.92 Å². The monoisotopic (exact) mass is 356 g/mol. The third kappa shape index (κ3) is 4.05. The lowest BCUT2D eigenvalue weighted by Gasteiger charge is -2.33. The lowest BCUT2D eigenvalue weighted by Crippen LogP contribution is -2.47. The van der Waals surface area contributed by atoms with Crippen LogP contribution < -0.4 is 10.1 Å². The molecule has 0 aliphatic carbocycles. The number of ether oxygens (including phenoxy) is 1. The van der Waals surface area contributed by atoms with Gasteiger partial charge in [0.1, 0.15) is 12.4 Å². The van der Waals surface area contributed by atoms with Crippen LogP contribution in [0.15, 0.2) is 41.8 Å². The summed E-state index contributed by atoms with van der Waals surface area (Å²) in [7, 11) is 0. The average molecular weight is 356 g/mol. The molecule has 1 aromatic heterocycles. The molecule has 1 saturated heterocycles. The van der Waals surface area contributed by atoms with Crippen LogP contribution in [0.25, 0.3) is 0 Å². The highest BCUT2D eigenvalue weighted by Crippen LogP contribution is 2.27. The predicted octanol–water partition coefficient (Wildman–Crippen LogP) is 3.08. The first kappa shape index (κ1) is 16.6. The second-order valence-electron chi connectivity index (χ2n) is 6.96. The Labute approximate surface area is 152 Å². The summed E-state index contributed by atoms with van der Waals surface area (Å²) in [6.45, 7) is 3.62. The normalized spacial score (nSPS) is 21.4. The first-order chi connectivity index (χ1) is 12.3. The molecule has 1 atom stereocenters. The van der Waals surface area contributed by atoms with Gasteiger partial charge in [-0.15, -0.1) is 11.3 Å². The molecule has 1 fully saturated rings. The van der Waals surface area contributed by atoms with Crippen LogP contribution in [-0.4, -0.2) is 36.5 Å². The molecule has 4 rings (SSSR count). The molecular weight excluding hydrogens is 332 g/mol. The van der Waals surface area contributed by atoms with Gasteiger partial charge in [-0.25, -0.2) is 0 Å². The number of fused-ring (bicyclic) bond motifs is 1. The minimum absolute atomic E-state index is 0.0703. The number of thiophene rings is 1. The van der Waals surface area contributed by atoms with Gasteiger partial charge in [-0.3, -0.25) is 9.69 Å². The van der Waals surface area contributed by atoms with Crippen LogP contribution in [-0.2, 0) is 17.8 Å². The van der Waals surface area contributed by atoms with Crippen molar-refractivity contribution in [3.63, 3.8) is 0 Å². The molecule has 0 spiro atoms. The minimum Gasteiger partial charge on any atom is -0.492 e. The van der Waals surface area contributed by atoms with Gasteiger partial charge in [0.15, 0.2) is 0 Å². The molecule has 25 heavy (non-hydrogen) atoms. The number of hydrogen-bond donors (Lipinski definition) is 1. The van der Waals surface area contributed by atoms with Crippen molar-refractivity contribution in [3.8, 4) is 5.75 Å². The van der Waals surface area contributed by atoms with Crippen LogP contribution >= 0.6 is 11.3 Å². The van der Waals surface area contributed by atoms with E-state index in [1.54, 1.807) is 0 Å². The summed E-state index contributed by atoms with van der Waals surface area (Å²) in [4.78, 5) is 16.5. The van der Waals surface area contributed by atoms with Crippen LogP contribution in [0.3, 0.4) is 0 Å². The van der Waals surface area contributed by atoms with E-state index in [-0.39, 0.29) is 11.8 Å². The Morgan fingerprint density at radius 2 is 2.04 bits per heavy atom. The summed E-state index contributed by atoms with van der Waals surface area (Å²) in [5, 5.41) is 5.39. The number of nitrogens with zero attached hydrogens (tertiary/aromatic N) is 1. The Hall–Kier alpha value is -1.85. The van der Waals surface area contributed by atoms with Crippen molar-refractivity contribution < 1.29 is 9.53 Å². The third-order valence-corrected chi connectivity index (χ3v) is 6.00. The fourth-order valence-electron chi connectivity index (χ4n) is 3.67. The van der Waals surface area contributed by atoms with E-state index in [2.05, 4.69) is 33.8 Å². The summed E-state index contributed by atoms with van der Waals surface area (Å²) >= 11 is 1.82. The smallest absolute Gasteiger partial charge is 0.227 e. The molecule has 3 heterocycles. The van der Waals surface area contributed by atoms with Gasteiger partial charge in [-0.2, -0.15) is 0 Å². The number of hydrogen-bond acceptors (Lipinski definition) is 4. The first-order valence-electron chi connectivity index (χ1n) is 9.04. The second kappa shape index (κ2) is 7.58. The minimum atomic E-state index is -0.0703. The fourth-order valence-corrected chi connectivity index (χ4v) is 4.42. The Morgan fingerprint density at radius 1 is 1.20 bits per heavy atom. The topological polar surface area (TPSA) is 41.6 Å². The number of likely N-dealkylation sites (tertiary alicyclic amines) is 1. The Bertz CT molecular complexity index is 708. The van der Waals surface area contributed by atoms with Crippen molar-refractivity contribution in [2.75, 3.05) is 19.7 Å². The van der Waals surface area contributed by atoms with Gasteiger partial charge in [0.05, 0.1) is 5.92 Å². The van der Waals surface area contributed by atoms with E-state index in [4.69, 9.17) is 4.74 Å². The molecule has 1 aromatic carbocycles. The van der Waals surface area contributed by atoms with E-state index in [1.807, 2.05) is 29.5 Å². The molecule has 0 saturated carbocycles. The largest absolute Gasteiger partial charge is 0.492 e. The van der Waals surface area contributed by atoms with Crippen molar-refractivity contribution in [3.05, 3.63) is 52.2 Å². The van der Waals surface area contributed by atoms with Crippen LogP contribution in [0.5, 0.6) is 5.75 Å². The quantitative estimate of drug-likeness (QED) is 0.915. The summed E-state index contributed by atoms with van der Waals surface area (Å²) in [6, 6.07) is 12.6. The number of nitrogens with one attached hydrogen (secondary N) is 1. The fraction of sp³-hybridized carbons (Fsp3) is 0.450. The first-order valence-corrected chi connectivity index (χ1v) is 9.92. The number of benzene rings is 1. The lowest BCUT2D eigenvalue weighted by molar-refractivity contribution is -0.127. The van der Waals surface area contributed by atoms with E-state index in [1.165, 1.54) is 4.88 Å². The maximum atomic E-state index is 12.6. The van der Waals surface area contributed by atoms with E-state index in [9.17, 15) is 4.79 Å². The molecule has 4 nitrogen and oxygen atoms in total. The van der Waals surface area contributed by atoms with Gasteiger partial charge in [-0.1, -0.05) is 24.3 Å². The van der Waals surface area contributed by atoms with E-state index in [0.29, 0.717) is 12.6 Å². The van der Waals surface area contributed by atoms with Crippen LogP contribution in [0.2, 0.25) is 0 Å². The third-order valence-electron chi connectivity index (χ3n) is 5.14. The summed E-state index contributed by atoms with van der Waals surface area (Å²) < 4.78 is 5.75. The SMILES string of the molecule is O=C(NC1CCN(Cc2cccs2)CC1)[C@@H]1COc2ccccc2C1. The molecule has 2 aliphatic rings. The summed E-state index contributed by atoms with van der Waals surface area (Å²) in [5.74, 6) is 0.999. The molecule has 1 amide bonds. The second-order valence-corrected chi connectivity index (χ2v) is 7.99. The van der Waals surface area contributed by atoms with E-state index < -0.39 is 0 Å². The standard InChI is InChI=1S/C20H24N2O2S/c23-20(16-12-15-4-1-2-6-19(15)24-14-16)21-17-7-9-22(10-8-17)13-18-5-3-11-25-18/h1-6,11,16-17H,7-10,12-14H2,(H,21,23)/t16-/m0/s1. The zero-order valence-electron chi connectivity index (χ0n) is 14.3. The molecule has 1 N–H and O–H groups in total. The van der Waals surface area contributed by atoms with Gasteiger partial charge in [0.2, 0.25) is 5.91 Å². The molecule has 0 radical (unpaired) electrons. The molecule has 0 bridgehead atoms. The van der Waals surface area contributed by atoms with Crippen LogP contribution in [0.4, 0.5) is 0 Å². The number of carbonyl (C=O) groups is 1. The Morgan fingerprint density at radius 3 is 2.84 bits per heavy atom. The van der Waals surface area contributed by atoms with Crippen molar-refractivity contribution in [1.29, 1.82) is 0 Å². The van der Waals surface area contributed by atoms with Gasteiger partial charge in [-0.05, 0) is 42.3 Å². The number of carbonyl (C=O) groups excluding carboxylic acids is 1. The molecule has 0 unspecified atom stereocenters. The van der Waals surface area contributed by atoms with Gasteiger partial charge in [0.25, 0.3) is 0 Å². The van der Waals surface area contributed by atoms with Crippen LogP contribution in [0, 0.1) is 5.92 Å². The average Bonchev–Trinajstić information content (AvgIpc) is 3.16. The number of para-hydroxylation sites is 1. The summed E-state index contributed by atoms with van der Waals surface area (Å²) in [5.41, 5.74) is 1.14. The number of piperidine rings is 1. The maximum Gasteiger partial charge on any atom is 0.227 e. The molecule has 2 aliphatic heterocycles. The summed E-state index contributed by atoms with van der Waals surface area (Å²) in [6.07, 6.45) is 2.84. The molecule has 5 heteroatoms. The van der Waals surface area contributed by atoms with Crippen molar-refractivity contribution in [2.45, 2.75) is 31.8 Å². The Kier molecular flexibility index (Phi) is 5.04. The highest BCUT2D eigenvalue weighted by molar-refractivity contribution is 7.09. The lowest BCUT2D eigenvalue weighted by atomic mass is 9.95. The zero-order chi connectivity index (χ0) is 17.1. The molecule has 132 valence electrons. The maximum absolute atomic E-state index is 12.6. The van der Waals surface area contributed by atoms with Gasteiger partial charge < -0.3 is 10.1 Å². The molecular formula is C20H24N2O2S. The number of amides is 1. The van der Waals surface area contributed by atoms with Crippen molar-refractivity contribution >= 4 is 17.2 Å². The highest BCUT2D eigenvalue weighted by Gasteiger charge is 2.28.